The summed E-state index contributed by atoms with van der Waals surface area (Å²) in [7, 11) is 2.50. The Morgan fingerprint density at radius 1 is 0.794 bits per heavy atom. The third-order valence-corrected chi connectivity index (χ3v) is 6.74. The van der Waals surface area contributed by atoms with Crippen LogP contribution in [0.25, 0.3) is 11.1 Å². The Kier molecular flexibility index (Phi) is 5.33. The van der Waals surface area contributed by atoms with Crippen molar-refractivity contribution in [2.45, 2.75) is 18.1 Å². The zero-order chi connectivity index (χ0) is 23.9. The predicted octanol–water partition coefficient (Wildman–Crippen LogP) is 4.98. The minimum atomic E-state index is -1.77. The standard InChI is InChI=1S/C28H23FO5/c1-32-25(30)27(26(31)33-2)17-22(18-13-15-21(29)16-14-18)34-28(27)23(19-9-5-3-6-10-19)24(28)20-11-7-4-8-12-20/h3-16,22H,17H2,1-2H3. The van der Waals surface area contributed by atoms with Crippen molar-refractivity contribution in [3.05, 3.63) is 107 Å². The molecule has 0 saturated carbocycles. The Hall–Kier alpha value is -3.77. The molecule has 1 spiro atoms. The van der Waals surface area contributed by atoms with Gasteiger partial charge in [0.15, 0.2) is 0 Å². The SMILES string of the molecule is COC(=O)C1(C(=O)OC)CC(c2ccc(F)cc2)OC12C(c1ccccc1)=C2c1ccccc1. The van der Waals surface area contributed by atoms with Gasteiger partial charge in [-0.3, -0.25) is 9.59 Å². The van der Waals surface area contributed by atoms with Crippen molar-refractivity contribution < 1.29 is 28.2 Å². The molecule has 2 aliphatic rings. The highest BCUT2D eigenvalue weighted by atomic mass is 19.1. The minimum Gasteiger partial charge on any atom is -0.468 e. The van der Waals surface area contributed by atoms with E-state index < -0.39 is 29.1 Å². The molecule has 1 heterocycles. The van der Waals surface area contributed by atoms with Gasteiger partial charge in [-0.05, 0) is 28.8 Å². The summed E-state index contributed by atoms with van der Waals surface area (Å²) < 4.78 is 30.7. The molecule has 0 N–H and O–H groups in total. The van der Waals surface area contributed by atoms with Crippen LogP contribution in [0.2, 0.25) is 0 Å². The predicted molar refractivity (Wildman–Crippen MR) is 124 cm³/mol. The van der Waals surface area contributed by atoms with E-state index in [9.17, 15) is 14.0 Å². The molecule has 1 atom stereocenters. The summed E-state index contributed by atoms with van der Waals surface area (Å²) in [6.07, 6.45) is -0.677. The van der Waals surface area contributed by atoms with Crippen LogP contribution in [0.5, 0.6) is 0 Å². The maximum Gasteiger partial charge on any atom is 0.327 e. The van der Waals surface area contributed by atoms with Crippen LogP contribution in [0, 0.1) is 11.2 Å². The lowest BCUT2D eigenvalue weighted by atomic mass is 9.72. The number of benzene rings is 3. The highest BCUT2D eigenvalue weighted by Crippen LogP contribution is 2.73. The second kappa shape index (κ2) is 8.22. The molecule has 0 amide bonds. The topological polar surface area (TPSA) is 61.8 Å². The number of ether oxygens (including phenoxy) is 3. The van der Waals surface area contributed by atoms with Gasteiger partial charge in [0.1, 0.15) is 11.4 Å². The fraction of sp³-hybridized carbons (Fsp3) is 0.214. The number of methoxy groups -OCH3 is 2. The molecule has 34 heavy (non-hydrogen) atoms. The Morgan fingerprint density at radius 3 is 1.71 bits per heavy atom. The molecule has 1 fully saturated rings. The lowest BCUT2D eigenvalue weighted by molar-refractivity contribution is -0.173. The van der Waals surface area contributed by atoms with Crippen molar-refractivity contribution in [3.8, 4) is 0 Å². The molecule has 6 heteroatoms. The van der Waals surface area contributed by atoms with E-state index in [4.69, 9.17) is 14.2 Å². The lowest BCUT2D eigenvalue weighted by Crippen LogP contribution is -2.51. The second-order valence-electron chi connectivity index (χ2n) is 8.41. The number of carbonyl (C=O) groups excluding carboxylic acids is 2. The first-order chi connectivity index (χ1) is 16.5. The van der Waals surface area contributed by atoms with Gasteiger partial charge in [-0.1, -0.05) is 72.8 Å². The Morgan fingerprint density at radius 2 is 1.26 bits per heavy atom. The molecule has 0 bridgehead atoms. The van der Waals surface area contributed by atoms with Crippen molar-refractivity contribution in [3.63, 3.8) is 0 Å². The fourth-order valence-corrected chi connectivity index (χ4v) is 5.24. The van der Waals surface area contributed by atoms with Gasteiger partial charge in [0.25, 0.3) is 0 Å². The number of hydrogen-bond donors (Lipinski definition) is 0. The van der Waals surface area contributed by atoms with E-state index in [0.717, 1.165) is 22.3 Å². The summed E-state index contributed by atoms with van der Waals surface area (Å²) in [5, 5.41) is 0. The Balaban J connectivity index is 1.75. The van der Waals surface area contributed by atoms with E-state index in [-0.39, 0.29) is 12.2 Å². The first kappa shape index (κ1) is 22.0. The fourth-order valence-electron chi connectivity index (χ4n) is 5.24. The number of hydrogen-bond acceptors (Lipinski definition) is 5. The summed E-state index contributed by atoms with van der Waals surface area (Å²) in [5.74, 6) is -1.85. The molecule has 1 saturated heterocycles. The normalized spacial score (nSPS) is 19.7. The number of carbonyl (C=O) groups is 2. The first-order valence-corrected chi connectivity index (χ1v) is 11.0. The summed E-state index contributed by atoms with van der Waals surface area (Å²) in [6.45, 7) is 0. The van der Waals surface area contributed by atoms with Gasteiger partial charge in [-0.15, -0.1) is 0 Å². The van der Waals surface area contributed by atoms with E-state index in [1.165, 1.54) is 26.4 Å². The van der Waals surface area contributed by atoms with Crippen molar-refractivity contribution in [2.75, 3.05) is 14.2 Å². The Bertz CT molecular complexity index is 1200. The van der Waals surface area contributed by atoms with Gasteiger partial charge in [0.05, 0.1) is 20.3 Å². The quantitative estimate of drug-likeness (QED) is 0.399. The maximum atomic E-state index is 13.6. The molecular weight excluding hydrogens is 435 g/mol. The molecule has 5 nitrogen and oxygen atoms in total. The average molecular weight is 458 g/mol. The molecule has 1 aliphatic heterocycles. The maximum absolute atomic E-state index is 13.6. The third kappa shape index (κ3) is 3.02. The molecule has 1 aliphatic carbocycles. The van der Waals surface area contributed by atoms with Gasteiger partial charge in [0, 0.05) is 17.6 Å². The van der Waals surface area contributed by atoms with Crippen molar-refractivity contribution in [1.29, 1.82) is 0 Å². The van der Waals surface area contributed by atoms with Gasteiger partial charge in [-0.2, -0.15) is 0 Å². The van der Waals surface area contributed by atoms with E-state index in [2.05, 4.69) is 0 Å². The molecule has 0 radical (unpaired) electrons. The average Bonchev–Trinajstić information content (AvgIpc) is 3.42. The van der Waals surface area contributed by atoms with Gasteiger partial charge in [0.2, 0.25) is 5.41 Å². The molecule has 0 aromatic heterocycles. The van der Waals surface area contributed by atoms with E-state index in [0.29, 0.717) is 5.56 Å². The molecular formula is C28H23FO5. The zero-order valence-corrected chi connectivity index (χ0v) is 18.8. The van der Waals surface area contributed by atoms with Crippen molar-refractivity contribution >= 4 is 23.1 Å². The summed E-state index contributed by atoms with van der Waals surface area (Å²) in [6, 6.07) is 24.9. The summed E-state index contributed by atoms with van der Waals surface area (Å²) in [4.78, 5) is 27.0. The first-order valence-electron chi connectivity index (χ1n) is 11.0. The number of halogens is 1. The highest BCUT2D eigenvalue weighted by Gasteiger charge is 2.80. The largest absolute Gasteiger partial charge is 0.468 e. The zero-order valence-electron chi connectivity index (χ0n) is 18.8. The summed E-state index contributed by atoms with van der Waals surface area (Å²) >= 11 is 0. The molecule has 5 rings (SSSR count). The van der Waals surface area contributed by atoms with Crippen LogP contribution in [0.3, 0.4) is 0 Å². The van der Waals surface area contributed by atoms with Crippen LogP contribution in [0.1, 0.15) is 29.2 Å². The lowest BCUT2D eigenvalue weighted by Gasteiger charge is -2.31. The van der Waals surface area contributed by atoms with Crippen LogP contribution in [0.4, 0.5) is 4.39 Å². The smallest absolute Gasteiger partial charge is 0.327 e. The van der Waals surface area contributed by atoms with E-state index in [1.54, 1.807) is 12.1 Å². The van der Waals surface area contributed by atoms with Gasteiger partial charge < -0.3 is 14.2 Å². The van der Waals surface area contributed by atoms with Crippen LogP contribution in [-0.2, 0) is 23.8 Å². The highest BCUT2D eigenvalue weighted by molar-refractivity contribution is 6.25. The van der Waals surface area contributed by atoms with Crippen LogP contribution >= 0.6 is 0 Å². The molecule has 3 aromatic rings. The van der Waals surface area contributed by atoms with Crippen LogP contribution in [0.15, 0.2) is 84.9 Å². The van der Waals surface area contributed by atoms with Crippen molar-refractivity contribution in [2.24, 2.45) is 5.41 Å². The van der Waals surface area contributed by atoms with Gasteiger partial charge >= 0.3 is 11.9 Å². The van der Waals surface area contributed by atoms with Crippen molar-refractivity contribution in [1.82, 2.24) is 0 Å². The molecule has 3 aromatic carbocycles. The minimum absolute atomic E-state index is 0.00928. The number of rotatable bonds is 5. The van der Waals surface area contributed by atoms with Gasteiger partial charge in [-0.25, -0.2) is 4.39 Å². The van der Waals surface area contributed by atoms with E-state index in [1.807, 2.05) is 60.7 Å². The Labute approximate surface area is 196 Å². The van der Waals surface area contributed by atoms with Crippen LogP contribution < -0.4 is 0 Å². The second-order valence-corrected chi connectivity index (χ2v) is 8.41. The van der Waals surface area contributed by atoms with Crippen LogP contribution in [-0.4, -0.2) is 31.8 Å². The third-order valence-electron chi connectivity index (χ3n) is 6.74. The number of esters is 2. The molecule has 1 unspecified atom stereocenters. The van der Waals surface area contributed by atoms with E-state index >= 15 is 0 Å². The monoisotopic (exact) mass is 458 g/mol. The summed E-state index contributed by atoms with van der Waals surface area (Å²) in [5.41, 5.74) is 0.624. The molecule has 172 valence electrons.